The maximum Gasteiger partial charge on any atom is 0.136 e. The Labute approximate surface area is 293 Å². The second-order valence-corrected chi connectivity index (χ2v) is 14.3. The van der Waals surface area contributed by atoms with Crippen LogP contribution in [0.2, 0.25) is 0 Å². The number of anilines is 5. The molecule has 2 aromatic heterocycles. The Kier molecular flexibility index (Phi) is 5.95. The van der Waals surface area contributed by atoms with Gasteiger partial charge in [0.15, 0.2) is 0 Å². The normalized spacial score (nSPS) is 15.3. The van der Waals surface area contributed by atoms with Gasteiger partial charge >= 0.3 is 0 Å². The van der Waals surface area contributed by atoms with Crippen molar-refractivity contribution in [1.82, 2.24) is 0 Å². The summed E-state index contributed by atoms with van der Waals surface area (Å²) in [6.45, 7) is 0. The van der Waals surface area contributed by atoms with Crippen LogP contribution < -0.4 is 9.80 Å². The highest BCUT2D eigenvalue weighted by atomic mass is 32.1. The van der Waals surface area contributed by atoms with Crippen molar-refractivity contribution in [3.8, 4) is 0 Å². The molecule has 7 aromatic carbocycles. The van der Waals surface area contributed by atoms with Crippen LogP contribution in [0.5, 0.6) is 0 Å². The summed E-state index contributed by atoms with van der Waals surface area (Å²) < 4.78 is 9.03. The van der Waals surface area contributed by atoms with E-state index < -0.39 is 0 Å². The highest BCUT2D eigenvalue weighted by Gasteiger charge is 2.35. The van der Waals surface area contributed by atoms with Gasteiger partial charge < -0.3 is 14.2 Å². The molecule has 1 aliphatic carbocycles. The van der Waals surface area contributed by atoms with Gasteiger partial charge in [-0.3, -0.25) is 0 Å². The van der Waals surface area contributed by atoms with Gasteiger partial charge in [0.2, 0.25) is 0 Å². The van der Waals surface area contributed by atoms with E-state index in [1.165, 1.54) is 59.1 Å². The third kappa shape index (κ3) is 4.03. The minimum Gasteiger partial charge on any atom is -0.456 e. The fraction of sp³-hybridized carbons (Fsp3) is 0.0435. The first-order chi connectivity index (χ1) is 24.8. The lowest BCUT2D eigenvalue weighted by molar-refractivity contribution is 0.669. The number of nitrogens with zero attached hydrogens (tertiary/aromatic N) is 2. The average Bonchev–Trinajstić information content (AvgIpc) is 3.85. The monoisotopic (exact) mass is 658 g/mol. The molecule has 0 amide bonds. The molecule has 0 saturated carbocycles. The minimum absolute atomic E-state index is 0.272. The summed E-state index contributed by atoms with van der Waals surface area (Å²) >= 11 is 1.87. The Bertz CT molecular complexity index is 2880. The molecule has 3 heterocycles. The molecule has 2 aliphatic rings. The van der Waals surface area contributed by atoms with Gasteiger partial charge in [-0.1, -0.05) is 103 Å². The molecule has 236 valence electrons. The fourth-order valence-electron chi connectivity index (χ4n) is 8.32. The van der Waals surface area contributed by atoms with Crippen LogP contribution in [0.4, 0.5) is 28.4 Å². The van der Waals surface area contributed by atoms with Gasteiger partial charge in [-0.2, -0.15) is 0 Å². The zero-order valence-corrected chi connectivity index (χ0v) is 27.9. The maximum absolute atomic E-state index is 6.46. The number of furan rings is 1. The van der Waals surface area contributed by atoms with Crippen molar-refractivity contribution in [3.63, 3.8) is 0 Å². The highest BCUT2D eigenvalue weighted by Crippen LogP contribution is 2.51. The zero-order valence-electron chi connectivity index (χ0n) is 27.1. The lowest BCUT2D eigenvalue weighted by Gasteiger charge is -2.30. The van der Waals surface area contributed by atoms with Gasteiger partial charge in [0, 0.05) is 48.9 Å². The number of benzene rings is 7. The van der Waals surface area contributed by atoms with Crippen molar-refractivity contribution in [2.75, 3.05) is 9.80 Å². The summed E-state index contributed by atoms with van der Waals surface area (Å²) in [5.41, 5.74) is 10.3. The summed E-state index contributed by atoms with van der Waals surface area (Å²) in [5.74, 6) is 0. The Morgan fingerprint density at radius 3 is 2.36 bits per heavy atom. The third-order valence-corrected chi connectivity index (χ3v) is 11.7. The predicted octanol–water partition coefficient (Wildman–Crippen LogP) is 13.4. The van der Waals surface area contributed by atoms with E-state index in [9.17, 15) is 0 Å². The number of hydrogen-bond acceptors (Lipinski definition) is 4. The number of para-hydroxylation sites is 1. The van der Waals surface area contributed by atoms with Crippen molar-refractivity contribution in [3.05, 3.63) is 169 Å². The van der Waals surface area contributed by atoms with E-state index in [2.05, 4.69) is 174 Å². The van der Waals surface area contributed by atoms with Crippen molar-refractivity contribution in [1.29, 1.82) is 0 Å². The number of hydrogen-bond donors (Lipinski definition) is 0. The van der Waals surface area contributed by atoms with Crippen LogP contribution in [0.1, 0.15) is 12.0 Å². The van der Waals surface area contributed by atoms with Crippen LogP contribution in [0, 0.1) is 0 Å². The van der Waals surface area contributed by atoms with Crippen LogP contribution in [0.25, 0.3) is 58.5 Å². The molecule has 50 heavy (non-hydrogen) atoms. The van der Waals surface area contributed by atoms with Gasteiger partial charge in [-0.25, -0.2) is 0 Å². The molecule has 1 aliphatic heterocycles. The number of thiophene rings is 1. The molecule has 4 heteroatoms. The molecular weight excluding hydrogens is 629 g/mol. The van der Waals surface area contributed by atoms with Crippen LogP contribution in [0.3, 0.4) is 0 Å². The number of allylic oxidation sites excluding steroid dienone is 2. The lowest BCUT2D eigenvalue weighted by Crippen LogP contribution is -2.27. The van der Waals surface area contributed by atoms with Gasteiger partial charge in [0.1, 0.15) is 11.2 Å². The van der Waals surface area contributed by atoms with E-state index in [0.29, 0.717) is 0 Å². The molecule has 3 nitrogen and oxygen atoms in total. The molecule has 1 unspecified atom stereocenters. The van der Waals surface area contributed by atoms with E-state index in [1.54, 1.807) is 0 Å². The van der Waals surface area contributed by atoms with Gasteiger partial charge in [0.05, 0.1) is 22.1 Å². The zero-order chi connectivity index (χ0) is 32.8. The molecule has 1 atom stereocenters. The Balaban J connectivity index is 1.19. The Morgan fingerprint density at radius 1 is 0.640 bits per heavy atom. The van der Waals surface area contributed by atoms with E-state index in [-0.39, 0.29) is 6.04 Å². The SMILES string of the molecule is C1=CCC2C(=C1)c1ccc(N(c3ccc4oc5ccc6ccccc6c5c4c3)c3cccc4c3sc3ccccc34)cc1N2c1ccccc1. The fourth-order valence-corrected chi connectivity index (χ4v) is 9.53. The van der Waals surface area contributed by atoms with E-state index in [4.69, 9.17) is 4.42 Å². The molecule has 0 saturated heterocycles. The van der Waals surface area contributed by atoms with Crippen LogP contribution in [0.15, 0.2) is 168 Å². The molecule has 0 radical (unpaired) electrons. The minimum atomic E-state index is 0.272. The maximum atomic E-state index is 6.46. The molecule has 0 N–H and O–H groups in total. The van der Waals surface area contributed by atoms with Crippen molar-refractivity contribution >= 4 is 98.2 Å². The molecule has 0 fully saturated rings. The van der Waals surface area contributed by atoms with Crippen molar-refractivity contribution in [2.45, 2.75) is 12.5 Å². The van der Waals surface area contributed by atoms with Crippen LogP contribution in [-0.2, 0) is 0 Å². The van der Waals surface area contributed by atoms with E-state index >= 15 is 0 Å². The van der Waals surface area contributed by atoms with Crippen molar-refractivity contribution in [2.24, 2.45) is 0 Å². The quantitative estimate of drug-likeness (QED) is 0.188. The lowest BCUT2D eigenvalue weighted by atomic mass is 9.95. The predicted molar refractivity (Wildman–Crippen MR) is 213 cm³/mol. The first-order valence-electron chi connectivity index (χ1n) is 17.2. The third-order valence-electron chi connectivity index (χ3n) is 10.5. The van der Waals surface area contributed by atoms with Crippen LogP contribution in [-0.4, -0.2) is 6.04 Å². The van der Waals surface area contributed by atoms with Crippen LogP contribution >= 0.6 is 11.3 Å². The van der Waals surface area contributed by atoms with Gasteiger partial charge in [-0.15, -0.1) is 11.3 Å². The topological polar surface area (TPSA) is 19.6 Å². The first-order valence-corrected chi connectivity index (χ1v) is 18.0. The molecule has 9 aromatic rings. The second-order valence-electron chi connectivity index (χ2n) is 13.2. The summed E-state index contributed by atoms with van der Waals surface area (Å²) in [5, 5.41) is 7.28. The van der Waals surface area contributed by atoms with E-state index in [1.807, 2.05) is 11.3 Å². The summed E-state index contributed by atoms with van der Waals surface area (Å²) in [4.78, 5) is 4.99. The summed E-state index contributed by atoms with van der Waals surface area (Å²) in [6.07, 6.45) is 7.78. The summed E-state index contributed by atoms with van der Waals surface area (Å²) in [6, 6.07) is 53.2. The standard InChI is InChI=1S/C46H30N2OS/c1-2-12-30(13-3-1)48-39-18-8-6-15-34(39)35-24-22-32(28-41(35)48)47(40-19-10-17-37-36-16-7-9-20-44(36)50-46(37)40)31-23-26-42-38(27-31)45-33-14-5-4-11-29(33)21-25-43(45)49-42/h1-17,19-28,39H,18H2. The van der Waals surface area contributed by atoms with Gasteiger partial charge in [0.25, 0.3) is 0 Å². The van der Waals surface area contributed by atoms with Gasteiger partial charge in [-0.05, 0) is 83.4 Å². The molecule has 11 rings (SSSR count). The number of fused-ring (bicyclic) bond motifs is 11. The number of rotatable bonds is 4. The highest BCUT2D eigenvalue weighted by molar-refractivity contribution is 7.26. The smallest absolute Gasteiger partial charge is 0.136 e. The molecular formula is C46H30N2OS. The Morgan fingerprint density at radius 2 is 1.42 bits per heavy atom. The van der Waals surface area contributed by atoms with Crippen molar-refractivity contribution < 1.29 is 4.42 Å². The summed E-state index contributed by atoms with van der Waals surface area (Å²) in [7, 11) is 0. The Hall–Kier alpha value is -6.10. The second kappa shape index (κ2) is 10.7. The largest absolute Gasteiger partial charge is 0.456 e. The molecule has 0 bridgehead atoms. The molecule has 0 spiro atoms. The first kappa shape index (κ1) is 27.8. The van der Waals surface area contributed by atoms with E-state index in [0.717, 1.165) is 39.7 Å². The average molecular weight is 659 g/mol.